The normalized spacial score (nSPS) is 17.0. The van der Waals surface area contributed by atoms with Gasteiger partial charge in [0.15, 0.2) is 0 Å². The second kappa shape index (κ2) is 7.64. The first-order valence-corrected chi connectivity index (χ1v) is 9.03. The predicted molar refractivity (Wildman–Crippen MR) is 97.2 cm³/mol. The zero-order valence-corrected chi connectivity index (χ0v) is 15.5. The number of alkyl halides is 3. The fraction of sp³-hybridized carbons (Fsp3) is 0.389. The summed E-state index contributed by atoms with van der Waals surface area (Å²) >= 11 is 0. The van der Waals surface area contributed by atoms with Gasteiger partial charge >= 0.3 is 6.18 Å². The van der Waals surface area contributed by atoms with Gasteiger partial charge in [-0.3, -0.25) is 0 Å². The van der Waals surface area contributed by atoms with Crippen molar-refractivity contribution in [1.82, 2.24) is 30.6 Å². The van der Waals surface area contributed by atoms with Crippen LogP contribution in [-0.2, 0) is 6.18 Å². The molecule has 0 saturated carbocycles. The summed E-state index contributed by atoms with van der Waals surface area (Å²) in [5, 5.41) is 13.8. The van der Waals surface area contributed by atoms with E-state index in [2.05, 4.69) is 30.6 Å². The van der Waals surface area contributed by atoms with Gasteiger partial charge in [-0.1, -0.05) is 12.1 Å². The van der Waals surface area contributed by atoms with Crippen molar-refractivity contribution >= 4 is 5.95 Å². The van der Waals surface area contributed by atoms with Crippen LogP contribution in [0.5, 0.6) is 5.75 Å². The van der Waals surface area contributed by atoms with E-state index in [9.17, 15) is 13.2 Å². The summed E-state index contributed by atoms with van der Waals surface area (Å²) in [6.45, 7) is 3.31. The lowest BCUT2D eigenvalue weighted by Gasteiger charge is -2.18. The van der Waals surface area contributed by atoms with E-state index in [-0.39, 0.29) is 18.3 Å². The third-order valence-electron chi connectivity index (χ3n) is 4.65. The average molecular weight is 405 g/mol. The molecular formula is C18H18F3N7O. The van der Waals surface area contributed by atoms with Gasteiger partial charge in [0.1, 0.15) is 11.4 Å². The highest BCUT2D eigenvalue weighted by molar-refractivity contribution is 5.51. The number of tetrazole rings is 1. The summed E-state index contributed by atoms with van der Waals surface area (Å²) in [5.74, 6) is 0.821. The van der Waals surface area contributed by atoms with E-state index in [1.807, 2.05) is 11.8 Å². The molecule has 3 aromatic rings. The molecule has 1 N–H and O–H groups in total. The number of ether oxygens (including phenoxy) is 1. The average Bonchev–Trinajstić information content (AvgIpc) is 3.37. The first kappa shape index (κ1) is 19.1. The smallest absolute Gasteiger partial charge is 0.419 e. The Balaban J connectivity index is 1.43. The van der Waals surface area contributed by atoms with Gasteiger partial charge in [0.05, 0.1) is 12.2 Å². The number of aryl methyl sites for hydroxylation is 1. The maximum absolute atomic E-state index is 13.1. The van der Waals surface area contributed by atoms with Crippen LogP contribution in [0.2, 0.25) is 0 Å². The molecule has 0 bridgehead atoms. The molecule has 1 aliphatic rings. The highest BCUT2D eigenvalue weighted by Crippen LogP contribution is 2.36. The highest BCUT2D eigenvalue weighted by atomic mass is 19.4. The Bertz CT molecular complexity index is 978. The van der Waals surface area contributed by atoms with Crippen molar-refractivity contribution in [2.24, 2.45) is 5.92 Å². The first-order valence-electron chi connectivity index (χ1n) is 9.03. The summed E-state index contributed by atoms with van der Waals surface area (Å²) in [6, 6.07) is 7.01. The van der Waals surface area contributed by atoms with Gasteiger partial charge in [-0.05, 0) is 36.8 Å². The van der Waals surface area contributed by atoms with Crippen molar-refractivity contribution < 1.29 is 17.9 Å². The fourth-order valence-corrected chi connectivity index (χ4v) is 3.26. The molecule has 152 valence electrons. The van der Waals surface area contributed by atoms with Gasteiger partial charge in [-0.2, -0.15) is 18.4 Å². The second-order valence-corrected chi connectivity index (χ2v) is 6.84. The number of aromatic nitrogens is 6. The summed E-state index contributed by atoms with van der Waals surface area (Å²) in [4.78, 5) is 10.9. The molecule has 1 saturated heterocycles. The molecule has 29 heavy (non-hydrogen) atoms. The highest BCUT2D eigenvalue weighted by Gasteiger charge is 2.34. The van der Waals surface area contributed by atoms with E-state index in [1.54, 1.807) is 6.07 Å². The maximum atomic E-state index is 13.1. The van der Waals surface area contributed by atoms with E-state index in [4.69, 9.17) is 4.74 Å². The summed E-state index contributed by atoms with van der Waals surface area (Å²) in [6.07, 6.45) is -3.68. The van der Waals surface area contributed by atoms with Crippen LogP contribution in [0.4, 0.5) is 19.1 Å². The van der Waals surface area contributed by atoms with Crippen molar-refractivity contribution in [3.8, 4) is 17.3 Å². The number of hydrogen-bond acceptors (Lipinski definition) is 7. The first-order chi connectivity index (χ1) is 13.9. The van der Waals surface area contributed by atoms with Crippen molar-refractivity contribution in [2.45, 2.75) is 19.5 Å². The Kier molecular flexibility index (Phi) is 5.03. The molecule has 1 fully saturated rings. The van der Waals surface area contributed by atoms with Crippen LogP contribution in [0, 0.1) is 12.8 Å². The van der Waals surface area contributed by atoms with Gasteiger partial charge in [0.25, 0.3) is 0 Å². The number of hydrogen-bond donors (Lipinski definition) is 1. The molecule has 0 amide bonds. The number of anilines is 1. The second-order valence-electron chi connectivity index (χ2n) is 6.84. The van der Waals surface area contributed by atoms with Crippen molar-refractivity contribution in [2.75, 3.05) is 24.6 Å². The van der Waals surface area contributed by atoms with E-state index >= 15 is 0 Å². The molecule has 1 aromatic carbocycles. The van der Waals surface area contributed by atoms with Crippen LogP contribution in [0.1, 0.15) is 17.7 Å². The van der Waals surface area contributed by atoms with Crippen LogP contribution < -0.4 is 9.64 Å². The number of halogens is 3. The largest absolute Gasteiger partial charge is 0.493 e. The summed E-state index contributed by atoms with van der Waals surface area (Å²) < 4.78 is 44.8. The lowest BCUT2D eigenvalue weighted by atomic mass is 10.1. The third-order valence-corrected chi connectivity index (χ3v) is 4.65. The zero-order chi connectivity index (χ0) is 20.4. The van der Waals surface area contributed by atoms with Crippen molar-refractivity contribution in [3.63, 3.8) is 0 Å². The quantitative estimate of drug-likeness (QED) is 0.698. The van der Waals surface area contributed by atoms with Gasteiger partial charge in [0.2, 0.25) is 11.8 Å². The minimum atomic E-state index is -4.45. The molecule has 0 spiro atoms. The fourth-order valence-electron chi connectivity index (χ4n) is 3.26. The van der Waals surface area contributed by atoms with Crippen molar-refractivity contribution in [1.29, 1.82) is 0 Å². The minimum Gasteiger partial charge on any atom is -0.493 e. The molecule has 4 rings (SSSR count). The minimum absolute atomic E-state index is 0.0639. The Morgan fingerprint density at radius 3 is 2.83 bits per heavy atom. The van der Waals surface area contributed by atoms with Crippen LogP contribution in [0.3, 0.4) is 0 Å². The van der Waals surface area contributed by atoms with E-state index in [1.165, 1.54) is 18.2 Å². The number of nitrogens with zero attached hydrogens (tertiary/aromatic N) is 6. The number of nitrogens with one attached hydrogen (secondary N) is 1. The van der Waals surface area contributed by atoms with Gasteiger partial charge < -0.3 is 9.64 Å². The molecular weight excluding hydrogens is 387 g/mol. The molecule has 0 aliphatic carbocycles. The maximum Gasteiger partial charge on any atom is 0.419 e. The molecule has 3 heterocycles. The van der Waals surface area contributed by atoms with Crippen LogP contribution in [-0.4, -0.2) is 50.3 Å². The molecule has 2 aromatic heterocycles. The van der Waals surface area contributed by atoms with E-state index < -0.39 is 11.7 Å². The molecule has 1 atom stereocenters. The van der Waals surface area contributed by atoms with E-state index in [0.717, 1.165) is 18.2 Å². The Morgan fingerprint density at radius 2 is 2.07 bits per heavy atom. The van der Waals surface area contributed by atoms with Crippen LogP contribution in [0.25, 0.3) is 11.5 Å². The number of H-pyrrole nitrogens is 1. The molecule has 11 heteroatoms. The number of para-hydroxylation sites is 1. The van der Waals surface area contributed by atoms with Gasteiger partial charge in [-0.15, -0.1) is 10.2 Å². The number of benzene rings is 1. The Morgan fingerprint density at radius 1 is 1.24 bits per heavy atom. The standard InChI is InChI=1S/C18H18F3N7O/c1-11-8-14(16-24-26-27-25-16)23-17(22-11)28-7-6-12(9-28)10-29-15-5-3-2-4-13(15)18(19,20)21/h2-5,8,12H,6-7,9-10H2,1H3,(H,24,25,26,27). The van der Waals surface area contributed by atoms with E-state index in [0.29, 0.717) is 30.6 Å². The third kappa shape index (κ3) is 4.28. The molecule has 0 radical (unpaired) electrons. The number of aromatic amines is 1. The van der Waals surface area contributed by atoms with Gasteiger partial charge in [0, 0.05) is 24.7 Å². The predicted octanol–water partition coefficient (Wildman–Crippen LogP) is 2.89. The topological polar surface area (TPSA) is 92.7 Å². The Hall–Kier alpha value is -3.24. The summed E-state index contributed by atoms with van der Waals surface area (Å²) in [5.41, 5.74) is 0.551. The Labute approximate surface area is 164 Å². The molecule has 1 unspecified atom stereocenters. The molecule has 1 aliphatic heterocycles. The lowest BCUT2D eigenvalue weighted by Crippen LogP contribution is -2.24. The SMILES string of the molecule is Cc1cc(-c2nn[nH]n2)nc(N2CCC(COc3ccccc3C(F)(F)F)C2)n1. The zero-order valence-electron chi connectivity index (χ0n) is 15.5. The molecule has 8 nitrogen and oxygen atoms in total. The number of rotatable bonds is 5. The summed E-state index contributed by atoms with van der Waals surface area (Å²) in [7, 11) is 0. The monoisotopic (exact) mass is 405 g/mol. The van der Waals surface area contributed by atoms with Gasteiger partial charge in [-0.25, -0.2) is 9.97 Å². The van der Waals surface area contributed by atoms with Crippen LogP contribution >= 0.6 is 0 Å². The van der Waals surface area contributed by atoms with Crippen LogP contribution in [0.15, 0.2) is 30.3 Å². The van der Waals surface area contributed by atoms with Crippen molar-refractivity contribution in [3.05, 3.63) is 41.6 Å². The lowest BCUT2D eigenvalue weighted by molar-refractivity contribution is -0.139.